The Bertz CT molecular complexity index is 540. The number of nitrogens with one attached hydrogen (secondary N) is 2. The molecule has 0 aliphatic heterocycles. The van der Waals surface area contributed by atoms with Crippen LogP contribution in [0.4, 0.5) is 10.5 Å². The first-order valence-corrected chi connectivity index (χ1v) is 5.88. The van der Waals surface area contributed by atoms with Gasteiger partial charge in [0.15, 0.2) is 0 Å². The highest BCUT2D eigenvalue weighted by Gasteiger charge is 2.19. The number of hydrogen-bond acceptors (Lipinski definition) is 2. The number of amides is 2. The highest BCUT2D eigenvalue weighted by Crippen LogP contribution is 2.25. The van der Waals surface area contributed by atoms with Crippen molar-refractivity contribution in [2.45, 2.75) is 12.5 Å². The summed E-state index contributed by atoms with van der Waals surface area (Å²) in [5.74, 6) is 0.958. The van der Waals surface area contributed by atoms with Crippen LogP contribution in [-0.4, -0.2) is 23.1 Å². The number of urea groups is 1. The summed E-state index contributed by atoms with van der Waals surface area (Å²) in [5, 5.41) is 14.1. The van der Waals surface area contributed by atoms with Gasteiger partial charge < -0.3 is 15.7 Å². The number of carboxylic acids is 1. The minimum Gasteiger partial charge on any atom is -0.480 e. The molecule has 5 nitrogen and oxygen atoms in total. The van der Waals surface area contributed by atoms with E-state index in [0.717, 1.165) is 0 Å². The predicted octanol–water partition coefficient (Wildman–Crippen LogP) is 2.59. The van der Waals surface area contributed by atoms with Crippen LogP contribution in [0, 0.1) is 12.3 Å². The zero-order valence-electron chi connectivity index (χ0n) is 9.61. The SMILES string of the molecule is C#CCC(NC(=O)Nc1ccc(Cl)cc1Cl)C(=O)O. The van der Waals surface area contributed by atoms with Gasteiger partial charge in [-0.1, -0.05) is 23.2 Å². The van der Waals surface area contributed by atoms with Gasteiger partial charge in [-0.2, -0.15) is 0 Å². The standard InChI is InChI=1S/C12H10Cl2N2O3/c1-2-3-10(11(17)18)16-12(19)15-9-5-4-7(13)6-8(9)14/h1,4-6,10H,3H2,(H,17,18)(H2,15,16,19). The minimum atomic E-state index is -1.21. The summed E-state index contributed by atoms with van der Waals surface area (Å²) in [5.41, 5.74) is 0.313. The molecule has 0 saturated carbocycles. The van der Waals surface area contributed by atoms with Crippen LogP contribution in [0.1, 0.15) is 6.42 Å². The molecule has 0 radical (unpaired) electrons. The molecule has 1 aromatic carbocycles. The average molecular weight is 301 g/mol. The van der Waals surface area contributed by atoms with Gasteiger partial charge in [0, 0.05) is 11.4 Å². The summed E-state index contributed by atoms with van der Waals surface area (Å²) >= 11 is 11.6. The Labute approximate surface area is 119 Å². The molecule has 0 spiro atoms. The molecule has 1 aromatic rings. The number of hydrogen-bond donors (Lipinski definition) is 3. The largest absolute Gasteiger partial charge is 0.480 e. The maximum Gasteiger partial charge on any atom is 0.327 e. The Morgan fingerprint density at radius 2 is 2.11 bits per heavy atom. The Hall–Kier alpha value is -1.90. The van der Waals surface area contributed by atoms with Gasteiger partial charge in [0.2, 0.25) is 0 Å². The van der Waals surface area contributed by atoms with Crippen molar-refractivity contribution in [2.24, 2.45) is 0 Å². The van der Waals surface area contributed by atoms with Crippen LogP contribution in [0.5, 0.6) is 0 Å². The van der Waals surface area contributed by atoms with Crippen molar-refractivity contribution in [1.82, 2.24) is 5.32 Å². The first kappa shape index (κ1) is 15.2. The number of carbonyl (C=O) groups is 2. The first-order valence-electron chi connectivity index (χ1n) is 5.13. The summed E-state index contributed by atoms with van der Waals surface area (Å²) in [7, 11) is 0. The van der Waals surface area contributed by atoms with Gasteiger partial charge >= 0.3 is 12.0 Å². The minimum absolute atomic E-state index is 0.114. The average Bonchev–Trinajstić information content (AvgIpc) is 2.32. The monoisotopic (exact) mass is 300 g/mol. The maximum absolute atomic E-state index is 11.6. The molecule has 0 saturated heterocycles. The Balaban J connectivity index is 2.69. The normalized spacial score (nSPS) is 11.2. The molecule has 0 fully saturated rings. The van der Waals surface area contributed by atoms with E-state index in [0.29, 0.717) is 10.7 Å². The number of carboxylic acid groups (broad SMARTS) is 1. The third-order valence-electron chi connectivity index (χ3n) is 2.10. The summed E-state index contributed by atoms with van der Waals surface area (Å²) in [6.45, 7) is 0. The van der Waals surface area contributed by atoms with E-state index in [9.17, 15) is 9.59 Å². The van der Waals surface area contributed by atoms with E-state index < -0.39 is 18.0 Å². The molecule has 7 heteroatoms. The van der Waals surface area contributed by atoms with Crippen LogP contribution >= 0.6 is 23.2 Å². The van der Waals surface area contributed by atoms with Crippen molar-refractivity contribution >= 4 is 40.9 Å². The van der Waals surface area contributed by atoms with Crippen LogP contribution in [0.15, 0.2) is 18.2 Å². The number of anilines is 1. The Morgan fingerprint density at radius 3 is 2.63 bits per heavy atom. The molecule has 0 heterocycles. The fourth-order valence-corrected chi connectivity index (χ4v) is 1.68. The van der Waals surface area contributed by atoms with E-state index in [4.69, 9.17) is 34.7 Å². The first-order chi connectivity index (χ1) is 8.93. The summed E-state index contributed by atoms with van der Waals surface area (Å²) < 4.78 is 0. The Kier molecular flexibility index (Phi) is 5.49. The van der Waals surface area contributed by atoms with E-state index in [2.05, 4.69) is 16.6 Å². The van der Waals surface area contributed by atoms with E-state index in [-0.39, 0.29) is 11.4 Å². The lowest BCUT2D eigenvalue weighted by molar-refractivity contribution is -0.139. The van der Waals surface area contributed by atoms with Gasteiger partial charge in [-0.15, -0.1) is 12.3 Å². The molecule has 100 valence electrons. The smallest absolute Gasteiger partial charge is 0.327 e. The topological polar surface area (TPSA) is 78.4 Å². The van der Waals surface area contributed by atoms with Gasteiger partial charge in [0.1, 0.15) is 6.04 Å². The molecule has 0 aromatic heterocycles. The third kappa shape index (κ3) is 4.70. The lowest BCUT2D eigenvalue weighted by Gasteiger charge is -2.13. The fourth-order valence-electron chi connectivity index (χ4n) is 1.23. The molecule has 3 N–H and O–H groups in total. The van der Waals surface area contributed by atoms with Crippen LogP contribution in [0.2, 0.25) is 10.0 Å². The highest BCUT2D eigenvalue weighted by atomic mass is 35.5. The van der Waals surface area contributed by atoms with Crippen LogP contribution in [0.3, 0.4) is 0 Å². The van der Waals surface area contributed by atoms with Crippen molar-refractivity contribution < 1.29 is 14.7 Å². The molecule has 0 aliphatic carbocycles. The molecule has 1 rings (SSSR count). The zero-order valence-corrected chi connectivity index (χ0v) is 11.1. The second-order valence-electron chi connectivity index (χ2n) is 3.52. The summed E-state index contributed by atoms with van der Waals surface area (Å²) in [4.78, 5) is 22.4. The summed E-state index contributed by atoms with van der Waals surface area (Å²) in [6, 6.07) is 2.62. The van der Waals surface area contributed by atoms with Crippen LogP contribution in [0.25, 0.3) is 0 Å². The number of terminal acetylenes is 1. The van der Waals surface area contributed by atoms with E-state index >= 15 is 0 Å². The van der Waals surface area contributed by atoms with Gasteiger partial charge in [-0.05, 0) is 18.2 Å². The number of rotatable bonds is 4. The zero-order chi connectivity index (χ0) is 14.4. The predicted molar refractivity (Wildman–Crippen MR) is 73.5 cm³/mol. The van der Waals surface area contributed by atoms with Crippen molar-refractivity contribution in [2.75, 3.05) is 5.32 Å². The number of benzene rings is 1. The second-order valence-corrected chi connectivity index (χ2v) is 4.37. The molecule has 1 atom stereocenters. The van der Waals surface area contributed by atoms with E-state index in [1.165, 1.54) is 12.1 Å². The summed E-state index contributed by atoms with van der Waals surface area (Å²) in [6.07, 6.45) is 4.90. The number of carbonyl (C=O) groups excluding carboxylic acids is 1. The lowest BCUT2D eigenvalue weighted by atomic mass is 10.2. The van der Waals surface area contributed by atoms with Gasteiger partial charge in [-0.25, -0.2) is 9.59 Å². The Morgan fingerprint density at radius 1 is 1.42 bits per heavy atom. The van der Waals surface area contributed by atoms with Gasteiger partial charge in [0.25, 0.3) is 0 Å². The van der Waals surface area contributed by atoms with Crippen LogP contribution in [-0.2, 0) is 4.79 Å². The maximum atomic E-state index is 11.6. The van der Waals surface area contributed by atoms with E-state index in [1.807, 2.05) is 0 Å². The lowest BCUT2D eigenvalue weighted by Crippen LogP contribution is -2.42. The third-order valence-corrected chi connectivity index (χ3v) is 2.65. The molecule has 0 aliphatic rings. The molecule has 1 unspecified atom stereocenters. The highest BCUT2D eigenvalue weighted by molar-refractivity contribution is 6.36. The fraction of sp³-hybridized carbons (Fsp3) is 0.167. The van der Waals surface area contributed by atoms with Crippen LogP contribution < -0.4 is 10.6 Å². The molecular formula is C12H10Cl2N2O3. The van der Waals surface area contributed by atoms with Gasteiger partial charge in [0.05, 0.1) is 10.7 Å². The molecule has 0 bridgehead atoms. The molecule has 19 heavy (non-hydrogen) atoms. The number of halogens is 2. The van der Waals surface area contributed by atoms with Crippen molar-refractivity contribution in [3.05, 3.63) is 28.2 Å². The molecular weight excluding hydrogens is 291 g/mol. The quantitative estimate of drug-likeness (QED) is 0.748. The number of aliphatic carboxylic acids is 1. The van der Waals surface area contributed by atoms with Crippen molar-refractivity contribution in [3.8, 4) is 12.3 Å². The van der Waals surface area contributed by atoms with Crippen molar-refractivity contribution in [3.63, 3.8) is 0 Å². The van der Waals surface area contributed by atoms with Crippen molar-refractivity contribution in [1.29, 1.82) is 0 Å². The van der Waals surface area contributed by atoms with Gasteiger partial charge in [-0.3, -0.25) is 0 Å². The second kappa shape index (κ2) is 6.88. The molecule has 2 amide bonds. The van der Waals surface area contributed by atoms with E-state index in [1.54, 1.807) is 6.07 Å².